The van der Waals surface area contributed by atoms with Crippen LogP contribution in [0.3, 0.4) is 0 Å². The number of hydrogen-bond donors (Lipinski definition) is 1. The van der Waals surface area contributed by atoms with Gasteiger partial charge in [0.05, 0.1) is 11.1 Å². The normalized spacial score (nSPS) is 10.9. The van der Waals surface area contributed by atoms with Crippen molar-refractivity contribution in [2.75, 3.05) is 24.3 Å². The van der Waals surface area contributed by atoms with Crippen molar-refractivity contribution >= 4 is 38.8 Å². The fraction of sp³-hybridized carbons (Fsp3) is 0.174. The van der Waals surface area contributed by atoms with Crippen LogP contribution in [0.15, 0.2) is 70.3 Å². The number of para-hydroxylation sites is 1. The summed E-state index contributed by atoms with van der Waals surface area (Å²) in [5.41, 5.74) is 1.20. The Labute approximate surface area is 182 Å². The molecule has 0 aliphatic rings. The number of rotatable bonds is 5. The second-order valence-corrected chi connectivity index (χ2v) is 8.64. The SMILES string of the molecule is Cc1cc2c(=O)n(-c3ccccc3)c(=O)n(CC(=O)Nc3ccc(N(C)C)cc3)c2s1. The van der Waals surface area contributed by atoms with Crippen LogP contribution in [0.4, 0.5) is 11.4 Å². The van der Waals surface area contributed by atoms with E-state index in [1.807, 2.05) is 56.3 Å². The van der Waals surface area contributed by atoms with Gasteiger partial charge in [0.1, 0.15) is 11.4 Å². The summed E-state index contributed by atoms with van der Waals surface area (Å²) in [6.45, 7) is 1.68. The number of nitrogens with zero attached hydrogens (tertiary/aromatic N) is 3. The first kappa shape index (κ1) is 20.6. The highest BCUT2D eigenvalue weighted by Gasteiger charge is 2.18. The summed E-state index contributed by atoms with van der Waals surface area (Å²) in [4.78, 5) is 42.4. The van der Waals surface area contributed by atoms with Gasteiger partial charge in [0.25, 0.3) is 5.56 Å². The van der Waals surface area contributed by atoms with Crippen molar-refractivity contribution in [2.45, 2.75) is 13.5 Å². The van der Waals surface area contributed by atoms with E-state index in [2.05, 4.69) is 5.32 Å². The second kappa shape index (κ2) is 8.23. The highest BCUT2D eigenvalue weighted by Crippen LogP contribution is 2.22. The van der Waals surface area contributed by atoms with Gasteiger partial charge in [-0.05, 0) is 49.4 Å². The van der Waals surface area contributed by atoms with E-state index in [1.54, 1.807) is 30.3 Å². The number of aromatic nitrogens is 2. The van der Waals surface area contributed by atoms with E-state index < -0.39 is 5.69 Å². The Bertz CT molecular complexity index is 1370. The van der Waals surface area contributed by atoms with Gasteiger partial charge in [-0.2, -0.15) is 0 Å². The fourth-order valence-electron chi connectivity index (χ4n) is 3.40. The molecule has 1 N–H and O–H groups in total. The maximum absolute atomic E-state index is 13.3. The van der Waals surface area contributed by atoms with Crippen LogP contribution in [0, 0.1) is 6.92 Å². The molecule has 0 saturated carbocycles. The van der Waals surface area contributed by atoms with Crippen molar-refractivity contribution in [2.24, 2.45) is 0 Å². The highest BCUT2D eigenvalue weighted by molar-refractivity contribution is 7.18. The maximum atomic E-state index is 13.3. The summed E-state index contributed by atoms with van der Waals surface area (Å²) >= 11 is 1.33. The summed E-state index contributed by atoms with van der Waals surface area (Å²) in [5.74, 6) is -0.342. The summed E-state index contributed by atoms with van der Waals surface area (Å²) in [6, 6.07) is 17.9. The van der Waals surface area contributed by atoms with E-state index in [0.29, 0.717) is 21.6 Å². The minimum absolute atomic E-state index is 0.197. The molecular weight excluding hydrogens is 412 g/mol. The number of nitrogens with one attached hydrogen (secondary N) is 1. The molecule has 0 spiro atoms. The van der Waals surface area contributed by atoms with Gasteiger partial charge in [-0.1, -0.05) is 18.2 Å². The first-order valence-corrected chi connectivity index (χ1v) is 10.6. The fourth-order valence-corrected chi connectivity index (χ4v) is 4.39. The van der Waals surface area contributed by atoms with Crippen molar-refractivity contribution in [1.29, 1.82) is 0 Å². The van der Waals surface area contributed by atoms with Crippen molar-refractivity contribution in [1.82, 2.24) is 9.13 Å². The van der Waals surface area contributed by atoms with Crippen molar-refractivity contribution in [3.05, 3.63) is 86.4 Å². The second-order valence-electron chi connectivity index (χ2n) is 7.41. The molecule has 0 aliphatic carbocycles. The summed E-state index contributed by atoms with van der Waals surface area (Å²) < 4.78 is 2.48. The smallest absolute Gasteiger partial charge is 0.337 e. The van der Waals surface area contributed by atoms with E-state index in [4.69, 9.17) is 0 Å². The summed E-state index contributed by atoms with van der Waals surface area (Å²) in [6.07, 6.45) is 0. The zero-order chi connectivity index (χ0) is 22.1. The minimum Gasteiger partial charge on any atom is -0.378 e. The van der Waals surface area contributed by atoms with E-state index in [9.17, 15) is 14.4 Å². The lowest BCUT2D eigenvalue weighted by Crippen LogP contribution is -2.40. The van der Waals surface area contributed by atoms with Crippen LogP contribution in [0.5, 0.6) is 0 Å². The minimum atomic E-state index is -0.538. The lowest BCUT2D eigenvalue weighted by atomic mass is 10.2. The third-order valence-corrected chi connectivity index (χ3v) is 5.99. The molecule has 0 unspecified atom stereocenters. The Hall–Kier alpha value is -3.65. The van der Waals surface area contributed by atoms with Gasteiger partial charge in [-0.15, -0.1) is 11.3 Å². The molecule has 1 amide bonds. The van der Waals surface area contributed by atoms with Crippen LogP contribution >= 0.6 is 11.3 Å². The van der Waals surface area contributed by atoms with E-state index >= 15 is 0 Å². The Morgan fingerprint density at radius 2 is 1.71 bits per heavy atom. The predicted molar refractivity (Wildman–Crippen MR) is 126 cm³/mol. The van der Waals surface area contributed by atoms with Crippen LogP contribution in [-0.4, -0.2) is 29.1 Å². The third kappa shape index (κ3) is 4.02. The average molecular weight is 435 g/mol. The predicted octanol–water partition coefficient (Wildman–Crippen LogP) is 3.23. The van der Waals surface area contributed by atoms with Crippen molar-refractivity contribution < 1.29 is 4.79 Å². The number of benzene rings is 2. The molecule has 0 radical (unpaired) electrons. The standard InChI is InChI=1S/C23H22N4O3S/c1-15-13-19-21(29)27(18-7-5-4-6-8-18)23(30)26(22(19)31-15)14-20(28)24-16-9-11-17(12-10-16)25(2)3/h4-13H,14H2,1-3H3,(H,24,28). The number of fused-ring (bicyclic) bond motifs is 1. The zero-order valence-corrected chi connectivity index (χ0v) is 18.3. The van der Waals surface area contributed by atoms with E-state index in [0.717, 1.165) is 15.1 Å². The van der Waals surface area contributed by atoms with E-state index in [-0.39, 0.29) is 18.0 Å². The third-order valence-electron chi connectivity index (χ3n) is 4.92. The molecule has 2 heterocycles. The van der Waals surface area contributed by atoms with Crippen LogP contribution in [0.1, 0.15) is 4.88 Å². The Morgan fingerprint density at radius 1 is 1.03 bits per heavy atom. The number of aryl methyl sites for hydroxylation is 1. The molecule has 2 aromatic carbocycles. The molecule has 2 aromatic heterocycles. The largest absolute Gasteiger partial charge is 0.378 e. The van der Waals surface area contributed by atoms with Crippen LogP contribution in [0.2, 0.25) is 0 Å². The first-order valence-electron chi connectivity index (χ1n) is 9.74. The zero-order valence-electron chi connectivity index (χ0n) is 17.5. The van der Waals surface area contributed by atoms with Gasteiger partial charge in [-0.25, -0.2) is 9.36 Å². The average Bonchev–Trinajstić information content (AvgIpc) is 3.14. The monoisotopic (exact) mass is 434 g/mol. The molecular formula is C23H22N4O3S. The van der Waals surface area contributed by atoms with Gasteiger partial charge >= 0.3 is 5.69 Å². The van der Waals surface area contributed by atoms with Crippen LogP contribution in [-0.2, 0) is 11.3 Å². The van der Waals surface area contributed by atoms with Crippen LogP contribution in [0.25, 0.3) is 15.9 Å². The lowest BCUT2D eigenvalue weighted by Gasteiger charge is -2.14. The molecule has 4 aromatic rings. The summed E-state index contributed by atoms with van der Waals surface area (Å²) in [5, 5.41) is 3.25. The lowest BCUT2D eigenvalue weighted by molar-refractivity contribution is -0.116. The number of anilines is 2. The van der Waals surface area contributed by atoms with Gasteiger partial charge in [-0.3, -0.25) is 14.2 Å². The number of thiophene rings is 1. The molecule has 0 bridgehead atoms. The van der Waals surface area contributed by atoms with Crippen molar-refractivity contribution in [3.8, 4) is 5.69 Å². The Balaban J connectivity index is 1.74. The molecule has 7 nitrogen and oxygen atoms in total. The highest BCUT2D eigenvalue weighted by atomic mass is 32.1. The number of amides is 1. The molecule has 4 rings (SSSR count). The quantitative estimate of drug-likeness (QED) is 0.523. The van der Waals surface area contributed by atoms with E-state index in [1.165, 1.54) is 15.9 Å². The van der Waals surface area contributed by atoms with Crippen LogP contribution < -0.4 is 21.5 Å². The Morgan fingerprint density at radius 3 is 2.35 bits per heavy atom. The first-order chi connectivity index (χ1) is 14.8. The molecule has 0 fully saturated rings. The summed E-state index contributed by atoms with van der Waals surface area (Å²) in [7, 11) is 3.88. The van der Waals surface area contributed by atoms with Gasteiger partial charge < -0.3 is 10.2 Å². The van der Waals surface area contributed by atoms with Crippen molar-refractivity contribution in [3.63, 3.8) is 0 Å². The van der Waals surface area contributed by atoms with Gasteiger partial charge in [0.2, 0.25) is 5.91 Å². The number of hydrogen-bond acceptors (Lipinski definition) is 5. The molecule has 158 valence electrons. The molecule has 0 aliphatic heterocycles. The Kier molecular flexibility index (Phi) is 5.48. The maximum Gasteiger partial charge on any atom is 0.337 e. The number of carbonyl (C=O) groups is 1. The molecule has 0 saturated heterocycles. The molecule has 31 heavy (non-hydrogen) atoms. The number of carbonyl (C=O) groups excluding carboxylic acids is 1. The topological polar surface area (TPSA) is 76.3 Å². The molecule has 0 atom stereocenters. The molecule has 8 heteroatoms. The van der Waals surface area contributed by atoms with Gasteiger partial charge in [0, 0.05) is 30.3 Å². The van der Waals surface area contributed by atoms with Gasteiger partial charge in [0.15, 0.2) is 0 Å².